The number of anilines is 1. The Labute approximate surface area is 172 Å². The van der Waals surface area contributed by atoms with E-state index in [9.17, 15) is 9.90 Å². The zero-order valence-corrected chi connectivity index (χ0v) is 16.2. The molecule has 1 aromatic heterocycles. The molecule has 29 heavy (non-hydrogen) atoms. The van der Waals surface area contributed by atoms with E-state index in [4.69, 9.17) is 4.42 Å². The largest absolute Gasteiger partial charge is 0.508 e. The van der Waals surface area contributed by atoms with E-state index in [0.29, 0.717) is 16.7 Å². The normalized spacial score (nSPS) is 10.6. The summed E-state index contributed by atoms with van der Waals surface area (Å²) in [6.07, 6.45) is 0. The molecule has 6 heteroatoms. The third-order valence-corrected chi connectivity index (χ3v) is 5.00. The van der Waals surface area contributed by atoms with Gasteiger partial charge in [0.05, 0.1) is 5.75 Å². The molecule has 4 aromatic rings. The topological polar surface area (TPSA) is 75.4 Å². The zero-order valence-electron chi connectivity index (χ0n) is 15.4. The highest BCUT2D eigenvalue weighted by Crippen LogP contribution is 2.35. The molecule has 0 fully saturated rings. The summed E-state index contributed by atoms with van der Waals surface area (Å²) in [7, 11) is 0. The van der Waals surface area contributed by atoms with E-state index in [-0.39, 0.29) is 17.4 Å². The van der Waals surface area contributed by atoms with Crippen LogP contribution in [0.5, 0.6) is 5.75 Å². The van der Waals surface area contributed by atoms with Gasteiger partial charge in [-0.3, -0.25) is 4.79 Å². The number of nitrogens with zero attached hydrogens (tertiary/aromatic N) is 1. The van der Waals surface area contributed by atoms with Gasteiger partial charge in [0.1, 0.15) is 11.4 Å². The van der Waals surface area contributed by atoms with Crippen LogP contribution in [-0.2, 0) is 4.79 Å². The number of rotatable bonds is 6. The van der Waals surface area contributed by atoms with Crippen molar-refractivity contribution >= 4 is 23.4 Å². The molecular formula is C23H18N2O3S. The summed E-state index contributed by atoms with van der Waals surface area (Å²) in [5.41, 5.74) is 3.25. The Morgan fingerprint density at radius 3 is 2.17 bits per heavy atom. The van der Waals surface area contributed by atoms with Crippen LogP contribution >= 0.6 is 11.8 Å². The Morgan fingerprint density at radius 1 is 0.897 bits per heavy atom. The predicted octanol–water partition coefficient (Wildman–Crippen LogP) is 5.45. The molecule has 0 saturated carbocycles. The summed E-state index contributed by atoms with van der Waals surface area (Å²) in [4.78, 5) is 16.9. The Bertz CT molecular complexity index is 1040. The maximum atomic E-state index is 12.2. The van der Waals surface area contributed by atoms with Gasteiger partial charge in [-0.25, -0.2) is 4.98 Å². The van der Waals surface area contributed by atoms with Crippen molar-refractivity contribution in [2.45, 2.75) is 5.22 Å². The summed E-state index contributed by atoms with van der Waals surface area (Å²) >= 11 is 1.24. The number of aromatic nitrogens is 1. The van der Waals surface area contributed by atoms with E-state index >= 15 is 0 Å². The molecule has 4 rings (SSSR count). The van der Waals surface area contributed by atoms with Crippen LogP contribution in [0.15, 0.2) is 94.6 Å². The van der Waals surface area contributed by atoms with Gasteiger partial charge >= 0.3 is 0 Å². The molecule has 0 aliphatic rings. The second kappa shape index (κ2) is 8.67. The fraction of sp³-hybridized carbons (Fsp3) is 0.0435. The maximum absolute atomic E-state index is 12.2. The number of aromatic hydroxyl groups is 1. The molecule has 0 saturated heterocycles. The second-order valence-corrected chi connectivity index (χ2v) is 7.20. The Kier molecular flexibility index (Phi) is 5.63. The van der Waals surface area contributed by atoms with E-state index in [1.165, 1.54) is 23.9 Å². The van der Waals surface area contributed by atoms with Gasteiger partial charge in [-0.1, -0.05) is 72.4 Å². The first kappa shape index (κ1) is 18.8. The van der Waals surface area contributed by atoms with Crippen LogP contribution in [0.3, 0.4) is 0 Å². The van der Waals surface area contributed by atoms with Crippen molar-refractivity contribution in [2.24, 2.45) is 0 Å². The highest BCUT2D eigenvalue weighted by molar-refractivity contribution is 7.99. The fourth-order valence-corrected chi connectivity index (χ4v) is 3.43. The van der Waals surface area contributed by atoms with Crippen LogP contribution < -0.4 is 5.32 Å². The summed E-state index contributed by atoms with van der Waals surface area (Å²) in [5.74, 6) is 0.808. The molecule has 0 aliphatic heterocycles. The zero-order chi connectivity index (χ0) is 20.1. The van der Waals surface area contributed by atoms with Gasteiger partial charge in [0, 0.05) is 16.8 Å². The Balaban J connectivity index is 1.53. The molecule has 0 unspecified atom stereocenters. The smallest absolute Gasteiger partial charge is 0.257 e. The SMILES string of the molecule is O=C(CSc1nc(-c2ccccc2)c(-c2ccccc2)o1)Nc1ccc(O)cc1. The van der Waals surface area contributed by atoms with Gasteiger partial charge in [-0.2, -0.15) is 0 Å². The fourth-order valence-electron chi connectivity index (χ4n) is 2.81. The van der Waals surface area contributed by atoms with Crippen LogP contribution in [0, 0.1) is 0 Å². The van der Waals surface area contributed by atoms with E-state index in [0.717, 1.165) is 16.8 Å². The number of carbonyl (C=O) groups excluding carboxylic acids is 1. The first-order valence-electron chi connectivity index (χ1n) is 9.02. The van der Waals surface area contributed by atoms with Crippen molar-refractivity contribution in [1.82, 2.24) is 4.98 Å². The highest BCUT2D eigenvalue weighted by Gasteiger charge is 2.18. The van der Waals surface area contributed by atoms with Gasteiger partial charge in [-0.05, 0) is 24.3 Å². The highest BCUT2D eigenvalue weighted by atomic mass is 32.2. The van der Waals surface area contributed by atoms with Crippen molar-refractivity contribution in [1.29, 1.82) is 0 Å². The van der Waals surface area contributed by atoms with E-state index in [1.807, 2.05) is 60.7 Å². The third kappa shape index (κ3) is 4.67. The molecule has 1 amide bonds. The summed E-state index contributed by atoms with van der Waals surface area (Å²) in [6, 6.07) is 26.0. The Morgan fingerprint density at radius 2 is 1.52 bits per heavy atom. The van der Waals surface area contributed by atoms with E-state index < -0.39 is 0 Å². The lowest BCUT2D eigenvalue weighted by Crippen LogP contribution is -2.13. The summed E-state index contributed by atoms with van der Waals surface area (Å²) in [5, 5.41) is 12.5. The van der Waals surface area contributed by atoms with Gasteiger partial charge in [0.25, 0.3) is 5.22 Å². The van der Waals surface area contributed by atoms with Crippen molar-refractivity contribution in [2.75, 3.05) is 11.1 Å². The van der Waals surface area contributed by atoms with Crippen LogP contribution in [0.4, 0.5) is 5.69 Å². The molecule has 5 nitrogen and oxygen atoms in total. The number of hydrogen-bond acceptors (Lipinski definition) is 5. The third-order valence-electron chi connectivity index (χ3n) is 4.17. The molecule has 0 spiro atoms. The van der Waals surface area contributed by atoms with Gasteiger partial charge in [-0.15, -0.1) is 0 Å². The number of phenols is 1. The van der Waals surface area contributed by atoms with Crippen molar-refractivity contribution < 1.29 is 14.3 Å². The minimum atomic E-state index is -0.179. The number of amides is 1. The molecule has 144 valence electrons. The molecule has 3 aromatic carbocycles. The lowest BCUT2D eigenvalue weighted by molar-refractivity contribution is -0.113. The first-order chi connectivity index (χ1) is 14.2. The quantitative estimate of drug-likeness (QED) is 0.332. The molecule has 2 N–H and O–H groups in total. The van der Waals surface area contributed by atoms with Crippen molar-refractivity contribution in [3.05, 3.63) is 84.9 Å². The minimum Gasteiger partial charge on any atom is -0.508 e. The van der Waals surface area contributed by atoms with Gasteiger partial charge in [0.2, 0.25) is 5.91 Å². The number of carbonyl (C=O) groups is 1. The number of nitrogens with one attached hydrogen (secondary N) is 1. The van der Waals surface area contributed by atoms with Crippen molar-refractivity contribution in [3.8, 4) is 28.3 Å². The molecule has 0 aliphatic carbocycles. The maximum Gasteiger partial charge on any atom is 0.257 e. The molecule has 0 bridgehead atoms. The number of benzene rings is 3. The molecule has 0 atom stereocenters. The number of phenolic OH excluding ortho intramolecular Hbond substituents is 1. The summed E-state index contributed by atoms with van der Waals surface area (Å²) < 4.78 is 6.01. The van der Waals surface area contributed by atoms with Crippen LogP contribution in [0.1, 0.15) is 0 Å². The average molecular weight is 402 g/mol. The monoisotopic (exact) mass is 402 g/mol. The van der Waals surface area contributed by atoms with Crippen LogP contribution in [0.2, 0.25) is 0 Å². The van der Waals surface area contributed by atoms with Gasteiger partial charge < -0.3 is 14.8 Å². The molecular weight excluding hydrogens is 384 g/mol. The van der Waals surface area contributed by atoms with Crippen LogP contribution in [-0.4, -0.2) is 21.8 Å². The van der Waals surface area contributed by atoms with E-state index in [1.54, 1.807) is 12.1 Å². The number of oxazole rings is 1. The first-order valence-corrected chi connectivity index (χ1v) is 10.0. The number of thioether (sulfide) groups is 1. The van der Waals surface area contributed by atoms with Crippen LogP contribution in [0.25, 0.3) is 22.6 Å². The second-order valence-electron chi connectivity index (χ2n) is 6.27. The minimum absolute atomic E-state index is 0.152. The lowest BCUT2D eigenvalue weighted by Gasteiger charge is -2.03. The molecule has 1 heterocycles. The van der Waals surface area contributed by atoms with E-state index in [2.05, 4.69) is 10.3 Å². The lowest BCUT2D eigenvalue weighted by atomic mass is 10.1. The molecule has 0 radical (unpaired) electrons. The average Bonchev–Trinajstić information content (AvgIpc) is 3.20. The standard InChI is InChI=1S/C23H18N2O3S/c26-19-13-11-18(12-14-19)24-20(27)15-29-23-25-21(16-7-3-1-4-8-16)22(28-23)17-9-5-2-6-10-17/h1-14,26H,15H2,(H,24,27). The van der Waals surface area contributed by atoms with Crippen molar-refractivity contribution in [3.63, 3.8) is 0 Å². The van der Waals surface area contributed by atoms with Gasteiger partial charge in [0.15, 0.2) is 5.76 Å². The summed E-state index contributed by atoms with van der Waals surface area (Å²) in [6.45, 7) is 0. The number of hydrogen-bond donors (Lipinski definition) is 2. The Hall–Kier alpha value is -3.51. The predicted molar refractivity (Wildman–Crippen MR) is 115 cm³/mol.